The highest BCUT2D eigenvalue weighted by atomic mass is 35.5. The minimum Gasteiger partial charge on any atom is -0.366 e. The summed E-state index contributed by atoms with van der Waals surface area (Å²) in [6, 6.07) is 19.1. The van der Waals surface area contributed by atoms with Crippen LogP contribution >= 0.6 is 11.6 Å². The first-order chi connectivity index (χ1) is 14.9. The highest BCUT2D eigenvalue weighted by molar-refractivity contribution is 6.34. The van der Waals surface area contributed by atoms with Gasteiger partial charge in [0, 0.05) is 17.8 Å². The first kappa shape index (κ1) is 22.0. The molecule has 3 aromatic rings. The molecule has 0 radical (unpaired) electrons. The second-order valence-electron chi connectivity index (χ2n) is 6.77. The lowest BCUT2D eigenvalue weighted by atomic mass is 10.0. The normalized spacial score (nSPS) is 11.4. The molecule has 7 nitrogen and oxygen atoms in total. The molecule has 31 heavy (non-hydrogen) atoms. The number of halogens is 1. The summed E-state index contributed by atoms with van der Waals surface area (Å²) < 4.78 is 0. The highest BCUT2D eigenvalue weighted by Gasteiger charge is 2.24. The van der Waals surface area contributed by atoms with Gasteiger partial charge in [-0.1, -0.05) is 54.1 Å². The lowest BCUT2D eigenvalue weighted by molar-refractivity contribution is -0.118. The summed E-state index contributed by atoms with van der Waals surface area (Å²) >= 11 is 5.97. The molecule has 0 aliphatic carbocycles. The second kappa shape index (κ2) is 9.88. The predicted octanol–water partition coefficient (Wildman–Crippen LogP) is 3.01. The number of hydrogen-bond donors (Lipinski definition) is 4. The number of nitrogens with one attached hydrogen (secondary N) is 2. The van der Waals surface area contributed by atoms with E-state index in [2.05, 4.69) is 10.6 Å². The fraction of sp³-hybridized carbons (Fsp3) is 0.0870. The molecule has 0 aliphatic heterocycles. The number of benzene rings is 3. The van der Waals surface area contributed by atoms with E-state index in [1.165, 1.54) is 12.1 Å². The molecule has 3 aromatic carbocycles. The molecule has 8 heteroatoms. The van der Waals surface area contributed by atoms with Gasteiger partial charge in [0.05, 0.1) is 10.6 Å². The molecule has 0 aromatic heterocycles. The Kier molecular flexibility index (Phi) is 7.02. The molecule has 0 fully saturated rings. The minimum absolute atomic E-state index is 0.0818. The van der Waals surface area contributed by atoms with Gasteiger partial charge in [0.25, 0.3) is 11.8 Å². The van der Waals surface area contributed by atoms with Gasteiger partial charge >= 0.3 is 0 Å². The average molecular weight is 437 g/mol. The van der Waals surface area contributed by atoms with Crippen molar-refractivity contribution in [1.29, 1.82) is 0 Å². The number of nitrogens with two attached hydrogens (primary N) is 2. The molecule has 3 rings (SSSR count). The van der Waals surface area contributed by atoms with Crippen molar-refractivity contribution in [3.8, 4) is 0 Å². The Morgan fingerprint density at radius 3 is 2.35 bits per heavy atom. The molecule has 0 heterocycles. The zero-order chi connectivity index (χ0) is 22.4. The van der Waals surface area contributed by atoms with Crippen LogP contribution in [0.2, 0.25) is 5.02 Å². The maximum absolute atomic E-state index is 13.1. The van der Waals surface area contributed by atoms with Crippen molar-refractivity contribution < 1.29 is 14.4 Å². The topological polar surface area (TPSA) is 127 Å². The molecular formula is C23H21ClN4O3. The summed E-state index contributed by atoms with van der Waals surface area (Å²) in [5.41, 5.74) is 13.2. The van der Waals surface area contributed by atoms with Crippen LogP contribution in [0.1, 0.15) is 37.9 Å². The van der Waals surface area contributed by atoms with Crippen molar-refractivity contribution in [2.45, 2.75) is 12.6 Å². The standard InChI is InChI=1S/C23H21ClN4O3/c24-19-10-9-17(12-18(19)21(26)29)27-23(31)20(15-6-2-1-3-7-15)28-22(30)16-8-4-5-14(11-16)13-25/h1-12,20H,13,25H2,(H2,26,29)(H,27,31)(H,28,30). The Morgan fingerprint density at radius 2 is 1.68 bits per heavy atom. The predicted molar refractivity (Wildman–Crippen MR) is 120 cm³/mol. The zero-order valence-corrected chi connectivity index (χ0v) is 17.2. The van der Waals surface area contributed by atoms with Crippen LogP contribution in [0.5, 0.6) is 0 Å². The van der Waals surface area contributed by atoms with E-state index >= 15 is 0 Å². The maximum Gasteiger partial charge on any atom is 0.252 e. The Labute approximate surface area is 184 Å². The molecule has 0 spiro atoms. The Balaban J connectivity index is 1.87. The SMILES string of the molecule is NCc1cccc(C(=O)NC(C(=O)Nc2ccc(Cl)c(C(N)=O)c2)c2ccccc2)c1. The molecule has 0 bridgehead atoms. The van der Waals surface area contributed by atoms with Gasteiger partial charge in [-0.25, -0.2) is 0 Å². The molecule has 1 atom stereocenters. The van der Waals surface area contributed by atoms with E-state index in [1.54, 1.807) is 48.5 Å². The number of rotatable bonds is 7. The molecule has 0 saturated heterocycles. The summed E-state index contributed by atoms with van der Waals surface area (Å²) in [5, 5.41) is 5.64. The third kappa shape index (κ3) is 5.48. The van der Waals surface area contributed by atoms with Crippen molar-refractivity contribution in [3.63, 3.8) is 0 Å². The molecule has 6 N–H and O–H groups in total. The first-order valence-electron chi connectivity index (χ1n) is 9.44. The molecule has 0 aliphatic rings. The summed E-state index contributed by atoms with van der Waals surface area (Å²) in [4.78, 5) is 37.4. The van der Waals surface area contributed by atoms with E-state index in [1.807, 2.05) is 12.1 Å². The number of carbonyl (C=O) groups excluding carboxylic acids is 3. The monoisotopic (exact) mass is 436 g/mol. The molecule has 1 unspecified atom stereocenters. The van der Waals surface area contributed by atoms with E-state index in [-0.39, 0.29) is 10.6 Å². The number of carbonyl (C=O) groups is 3. The highest BCUT2D eigenvalue weighted by Crippen LogP contribution is 2.22. The average Bonchev–Trinajstić information content (AvgIpc) is 2.78. The second-order valence-corrected chi connectivity index (χ2v) is 7.18. The number of primary amides is 1. The lowest BCUT2D eigenvalue weighted by Crippen LogP contribution is -2.37. The maximum atomic E-state index is 13.1. The first-order valence-corrected chi connectivity index (χ1v) is 9.82. The Hall–Kier alpha value is -3.68. The van der Waals surface area contributed by atoms with Crippen molar-refractivity contribution >= 4 is 35.0 Å². The van der Waals surface area contributed by atoms with Gasteiger partial charge in [-0.05, 0) is 41.5 Å². The van der Waals surface area contributed by atoms with Crippen LogP contribution in [0.15, 0.2) is 72.8 Å². The zero-order valence-electron chi connectivity index (χ0n) is 16.5. The van der Waals surface area contributed by atoms with E-state index in [4.69, 9.17) is 23.1 Å². The fourth-order valence-corrected chi connectivity index (χ4v) is 3.22. The Bertz CT molecular complexity index is 1120. The smallest absolute Gasteiger partial charge is 0.252 e. The van der Waals surface area contributed by atoms with Gasteiger partial charge in [-0.15, -0.1) is 0 Å². The largest absolute Gasteiger partial charge is 0.366 e. The third-order valence-corrected chi connectivity index (χ3v) is 4.92. The number of amides is 3. The van der Waals surface area contributed by atoms with Crippen LogP contribution in [0.3, 0.4) is 0 Å². The van der Waals surface area contributed by atoms with Crippen LogP contribution in [0, 0.1) is 0 Å². The molecule has 3 amide bonds. The van der Waals surface area contributed by atoms with Crippen LogP contribution < -0.4 is 22.1 Å². The van der Waals surface area contributed by atoms with Gasteiger partial charge in [-0.3, -0.25) is 14.4 Å². The third-order valence-electron chi connectivity index (χ3n) is 4.59. The minimum atomic E-state index is -0.983. The van der Waals surface area contributed by atoms with Crippen LogP contribution in [0.4, 0.5) is 5.69 Å². The van der Waals surface area contributed by atoms with Crippen molar-refractivity contribution in [2.75, 3.05) is 5.32 Å². The Morgan fingerprint density at radius 1 is 0.935 bits per heavy atom. The van der Waals surface area contributed by atoms with Crippen LogP contribution in [-0.4, -0.2) is 17.7 Å². The summed E-state index contributed by atoms with van der Waals surface area (Å²) in [5.74, 6) is -1.63. The van der Waals surface area contributed by atoms with Crippen molar-refractivity contribution in [1.82, 2.24) is 5.32 Å². The molecule has 0 saturated carbocycles. The molecular weight excluding hydrogens is 416 g/mol. The summed E-state index contributed by atoms with van der Waals surface area (Å²) in [7, 11) is 0. The number of anilines is 1. The van der Waals surface area contributed by atoms with E-state index in [0.29, 0.717) is 23.4 Å². The fourth-order valence-electron chi connectivity index (χ4n) is 3.01. The van der Waals surface area contributed by atoms with E-state index < -0.39 is 23.8 Å². The van der Waals surface area contributed by atoms with Gasteiger partial charge in [-0.2, -0.15) is 0 Å². The lowest BCUT2D eigenvalue weighted by Gasteiger charge is -2.19. The quantitative estimate of drug-likeness (QED) is 0.454. The summed E-state index contributed by atoms with van der Waals surface area (Å²) in [6.45, 7) is 0.294. The summed E-state index contributed by atoms with van der Waals surface area (Å²) in [6.07, 6.45) is 0. The van der Waals surface area contributed by atoms with E-state index in [9.17, 15) is 14.4 Å². The van der Waals surface area contributed by atoms with Gasteiger partial charge in [0.15, 0.2) is 0 Å². The van der Waals surface area contributed by atoms with E-state index in [0.717, 1.165) is 5.56 Å². The molecule has 158 valence electrons. The van der Waals surface area contributed by atoms with Crippen LogP contribution in [-0.2, 0) is 11.3 Å². The van der Waals surface area contributed by atoms with Crippen molar-refractivity contribution in [3.05, 3.63) is 100 Å². The van der Waals surface area contributed by atoms with Gasteiger partial charge in [0.1, 0.15) is 6.04 Å². The van der Waals surface area contributed by atoms with Gasteiger partial charge in [0.2, 0.25) is 5.91 Å². The van der Waals surface area contributed by atoms with Crippen LogP contribution in [0.25, 0.3) is 0 Å². The van der Waals surface area contributed by atoms with Gasteiger partial charge < -0.3 is 22.1 Å². The van der Waals surface area contributed by atoms with Crippen molar-refractivity contribution in [2.24, 2.45) is 11.5 Å². The number of hydrogen-bond acceptors (Lipinski definition) is 4.